The van der Waals surface area contributed by atoms with Crippen LogP contribution in [0.15, 0.2) is 53.3 Å². The van der Waals surface area contributed by atoms with E-state index in [1.54, 1.807) is 24.3 Å². The Labute approximate surface area is 139 Å². The van der Waals surface area contributed by atoms with Crippen molar-refractivity contribution < 1.29 is 4.79 Å². The Bertz CT molecular complexity index is 946. The molecular weight excluding hydrogens is 302 g/mol. The first-order chi connectivity index (χ1) is 11.6. The number of ketones is 1. The van der Waals surface area contributed by atoms with E-state index in [1.807, 2.05) is 38.1 Å². The van der Waals surface area contributed by atoms with Crippen LogP contribution in [0.4, 0.5) is 0 Å². The Kier molecular flexibility index (Phi) is 4.51. The molecule has 5 nitrogen and oxygen atoms in total. The number of aryl methyl sites for hydroxylation is 1. The van der Waals surface area contributed by atoms with E-state index in [0.717, 1.165) is 10.2 Å². The van der Waals surface area contributed by atoms with Crippen molar-refractivity contribution in [1.82, 2.24) is 15.0 Å². The molecule has 0 unspecified atom stereocenters. The maximum atomic E-state index is 12.4. The molecular formula is C19H19N3O2. The van der Waals surface area contributed by atoms with E-state index < -0.39 is 0 Å². The van der Waals surface area contributed by atoms with Crippen LogP contribution in [0.1, 0.15) is 30.4 Å². The van der Waals surface area contributed by atoms with Gasteiger partial charge in [-0.05, 0) is 36.1 Å². The molecule has 0 bridgehead atoms. The molecule has 5 heteroatoms. The summed E-state index contributed by atoms with van der Waals surface area (Å²) in [5.41, 5.74) is 2.58. The molecule has 0 fully saturated rings. The van der Waals surface area contributed by atoms with E-state index in [9.17, 15) is 9.59 Å². The smallest absolute Gasteiger partial charge is 0.278 e. The lowest BCUT2D eigenvalue weighted by atomic mass is 9.92. The second-order valence-corrected chi connectivity index (χ2v) is 6.07. The van der Waals surface area contributed by atoms with Gasteiger partial charge in [0.2, 0.25) is 0 Å². The number of hydrogen-bond acceptors (Lipinski definition) is 4. The molecule has 0 aliphatic rings. The lowest BCUT2D eigenvalue weighted by molar-refractivity contribution is -0.120. The SMILES string of the molecule is Cc1ccccc1[C@H](C)CC(=O)Cn1nnc2ccccc2c1=O. The van der Waals surface area contributed by atoms with E-state index >= 15 is 0 Å². The molecule has 0 spiro atoms. The minimum absolute atomic E-state index is 0.0302. The maximum absolute atomic E-state index is 12.4. The van der Waals surface area contributed by atoms with Gasteiger partial charge in [0.05, 0.1) is 5.39 Å². The van der Waals surface area contributed by atoms with Gasteiger partial charge in [0, 0.05) is 6.42 Å². The molecule has 1 atom stereocenters. The molecule has 1 aromatic heterocycles. The van der Waals surface area contributed by atoms with E-state index in [2.05, 4.69) is 10.3 Å². The predicted octanol–water partition coefficient (Wildman–Crippen LogP) is 2.86. The van der Waals surface area contributed by atoms with Crippen molar-refractivity contribution in [3.8, 4) is 0 Å². The Morgan fingerprint density at radius 2 is 1.83 bits per heavy atom. The Balaban J connectivity index is 1.77. The minimum Gasteiger partial charge on any atom is -0.298 e. The third kappa shape index (κ3) is 3.25. The normalized spacial score (nSPS) is 12.2. The number of nitrogens with zero attached hydrogens (tertiary/aromatic N) is 3. The fourth-order valence-corrected chi connectivity index (χ4v) is 2.95. The van der Waals surface area contributed by atoms with Gasteiger partial charge in [-0.2, -0.15) is 0 Å². The lowest BCUT2D eigenvalue weighted by Crippen LogP contribution is -2.28. The third-order valence-corrected chi connectivity index (χ3v) is 4.21. The number of rotatable bonds is 5. The summed E-state index contributed by atoms with van der Waals surface area (Å²) in [5.74, 6) is 0.0697. The molecule has 0 aliphatic carbocycles. The number of benzene rings is 2. The van der Waals surface area contributed by atoms with Gasteiger partial charge in [-0.3, -0.25) is 9.59 Å². The number of carbonyl (C=O) groups excluding carboxylic acids is 1. The van der Waals surface area contributed by atoms with E-state index in [0.29, 0.717) is 17.3 Å². The maximum Gasteiger partial charge on any atom is 0.278 e. The van der Waals surface area contributed by atoms with Crippen molar-refractivity contribution in [3.63, 3.8) is 0 Å². The molecule has 2 aromatic carbocycles. The number of hydrogen-bond donors (Lipinski definition) is 0. The topological polar surface area (TPSA) is 64.8 Å². The number of carbonyl (C=O) groups is 1. The summed E-state index contributed by atoms with van der Waals surface area (Å²) in [4.78, 5) is 24.8. The monoisotopic (exact) mass is 321 g/mol. The first-order valence-electron chi connectivity index (χ1n) is 7.96. The van der Waals surface area contributed by atoms with Crippen LogP contribution in [0.3, 0.4) is 0 Å². The first-order valence-corrected chi connectivity index (χ1v) is 7.96. The van der Waals surface area contributed by atoms with Gasteiger partial charge in [-0.1, -0.05) is 48.5 Å². The molecule has 0 saturated carbocycles. The molecule has 0 aliphatic heterocycles. The number of Topliss-reactive ketones (excluding diaryl/α,β-unsaturated/α-hetero) is 1. The summed E-state index contributed by atoms with van der Waals surface area (Å²) < 4.78 is 1.15. The average Bonchev–Trinajstić information content (AvgIpc) is 2.58. The average molecular weight is 321 g/mol. The number of aromatic nitrogens is 3. The van der Waals surface area contributed by atoms with Crippen molar-refractivity contribution in [2.45, 2.75) is 32.7 Å². The van der Waals surface area contributed by atoms with Gasteiger partial charge in [0.1, 0.15) is 12.1 Å². The van der Waals surface area contributed by atoms with E-state index in [4.69, 9.17) is 0 Å². The molecule has 3 aromatic rings. The van der Waals surface area contributed by atoms with Crippen molar-refractivity contribution >= 4 is 16.7 Å². The van der Waals surface area contributed by atoms with Crippen molar-refractivity contribution in [2.24, 2.45) is 0 Å². The molecule has 24 heavy (non-hydrogen) atoms. The van der Waals surface area contributed by atoms with Crippen LogP contribution >= 0.6 is 0 Å². The zero-order chi connectivity index (χ0) is 17.1. The summed E-state index contributed by atoms with van der Waals surface area (Å²) in [6.07, 6.45) is 0.367. The van der Waals surface area contributed by atoms with Crippen LogP contribution in [0.2, 0.25) is 0 Å². The molecule has 122 valence electrons. The van der Waals surface area contributed by atoms with Crippen LogP contribution in [-0.2, 0) is 11.3 Å². The van der Waals surface area contributed by atoms with Crippen LogP contribution in [0, 0.1) is 6.92 Å². The highest BCUT2D eigenvalue weighted by molar-refractivity contribution is 5.80. The van der Waals surface area contributed by atoms with E-state index in [1.165, 1.54) is 5.56 Å². The summed E-state index contributed by atoms with van der Waals surface area (Å²) in [5, 5.41) is 8.36. The number of fused-ring (bicyclic) bond motifs is 1. The van der Waals surface area contributed by atoms with Crippen molar-refractivity contribution in [3.05, 3.63) is 70.0 Å². The highest BCUT2D eigenvalue weighted by Crippen LogP contribution is 2.22. The fraction of sp³-hybridized carbons (Fsp3) is 0.263. The Morgan fingerprint density at radius 3 is 2.62 bits per heavy atom. The Morgan fingerprint density at radius 1 is 1.12 bits per heavy atom. The van der Waals surface area contributed by atoms with E-state index in [-0.39, 0.29) is 23.8 Å². The standard InChI is InChI=1S/C19H19N3O2/c1-13-7-3-4-8-16(13)14(2)11-15(23)12-22-19(24)17-9-5-6-10-18(17)20-21-22/h3-10,14H,11-12H2,1-2H3/t14-/m1/s1. The summed E-state index contributed by atoms with van der Waals surface area (Å²) in [6, 6.07) is 15.0. The quantitative estimate of drug-likeness (QED) is 0.725. The zero-order valence-corrected chi connectivity index (χ0v) is 13.8. The van der Waals surface area contributed by atoms with Gasteiger partial charge in [-0.25, -0.2) is 4.68 Å². The van der Waals surface area contributed by atoms with Gasteiger partial charge in [-0.15, -0.1) is 5.10 Å². The third-order valence-electron chi connectivity index (χ3n) is 4.21. The van der Waals surface area contributed by atoms with Gasteiger partial charge >= 0.3 is 0 Å². The fourth-order valence-electron chi connectivity index (χ4n) is 2.95. The molecule has 0 amide bonds. The van der Waals surface area contributed by atoms with Crippen LogP contribution in [0.5, 0.6) is 0 Å². The lowest BCUT2D eigenvalue weighted by Gasteiger charge is -2.14. The summed E-state index contributed by atoms with van der Waals surface area (Å²) in [6.45, 7) is 4.01. The highest BCUT2D eigenvalue weighted by atomic mass is 16.1. The first kappa shape index (κ1) is 16.1. The van der Waals surface area contributed by atoms with Gasteiger partial charge in [0.25, 0.3) is 5.56 Å². The zero-order valence-electron chi connectivity index (χ0n) is 13.8. The summed E-state index contributed by atoms with van der Waals surface area (Å²) >= 11 is 0. The van der Waals surface area contributed by atoms with Gasteiger partial charge < -0.3 is 0 Å². The second kappa shape index (κ2) is 6.74. The van der Waals surface area contributed by atoms with Crippen LogP contribution in [-0.4, -0.2) is 20.8 Å². The molecule has 0 saturated heterocycles. The second-order valence-electron chi connectivity index (χ2n) is 6.07. The highest BCUT2D eigenvalue weighted by Gasteiger charge is 2.15. The van der Waals surface area contributed by atoms with Gasteiger partial charge in [0.15, 0.2) is 5.78 Å². The van der Waals surface area contributed by atoms with Crippen LogP contribution in [0.25, 0.3) is 10.9 Å². The van der Waals surface area contributed by atoms with Crippen molar-refractivity contribution in [1.29, 1.82) is 0 Å². The molecule has 0 radical (unpaired) electrons. The van der Waals surface area contributed by atoms with Crippen molar-refractivity contribution in [2.75, 3.05) is 0 Å². The molecule has 0 N–H and O–H groups in total. The molecule has 3 rings (SSSR count). The van der Waals surface area contributed by atoms with Crippen LogP contribution < -0.4 is 5.56 Å². The Hall–Kier alpha value is -2.82. The largest absolute Gasteiger partial charge is 0.298 e. The minimum atomic E-state index is -0.280. The predicted molar refractivity (Wildman–Crippen MR) is 93.0 cm³/mol. The summed E-state index contributed by atoms with van der Waals surface area (Å²) in [7, 11) is 0. The molecule has 1 heterocycles.